The third kappa shape index (κ3) is 4.14. The minimum Gasteiger partial charge on any atom is -0.368 e. The molecule has 4 rings (SSSR count). The molecule has 30 heavy (non-hydrogen) atoms. The van der Waals surface area contributed by atoms with Gasteiger partial charge in [-0.15, -0.1) is 0 Å². The number of nitrogens with zero attached hydrogens (tertiary/aromatic N) is 4. The summed E-state index contributed by atoms with van der Waals surface area (Å²) in [5.41, 5.74) is 4.50. The SMILES string of the molecule is Cc1cccc(N2CCN(C(=O)c3sc(Nc4ccc(F)cn4)nc3C)CC2)c1C. The Hall–Kier alpha value is -3.00. The van der Waals surface area contributed by atoms with Crippen molar-refractivity contribution in [2.75, 3.05) is 36.4 Å². The van der Waals surface area contributed by atoms with Crippen LogP contribution < -0.4 is 10.2 Å². The van der Waals surface area contributed by atoms with Crippen molar-refractivity contribution in [3.05, 3.63) is 64.0 Å². The molecule has 2 aromatic heterocycles. The van der Waals surface area contributed by atoms with Crippen molar-refractivity contribution in [3.63, 3.8) is 0 Å². The predicted molar refractivity (Wildman–Crippen MR) is 118 cm³/mol. The van der Waals surface area contributed by atoms with Crippen LogP contribution >= 0.6 is 11.3 Å². The van der Waals surface area contributed by atoms with E-state index in [4.69, 9.17) is 0 Å². The summed E-state index contributed by atoms with van der Waals surface area (Å²) < 4.78 is 13.0. The summed E-state index contributed by atoms with van der Waals surface area (Å²) in [4.78, 5) is 26.4. The Morgan fingerprint density at radius 3 is 2.57 bits per heavy atom. The number of anilines is 3. The third-order valence-electron chi connectivity index (χ3n) is 5.44. The van der Waals surface area contributed by atoms with Crippen molar-refractivity contribution >= 4 is 33.9 Å². The Bertz CT molecular complexity index is 1060. The fourth-order valence-corrected chi connectivity index (χ4v) is 4.52. The van der Waals surface area contributed by atoms with E-state index in [0.29, 0.717) is 34.6 Å². The number of carbonyl (C=O) groups is 1. The number of aryl methyl sites for hydroxylation is 2. The molecule has 0 spiro atoms. The van der Waals surface area contributed by atoms with Crippen LogP contribution in [0, 0.1) is 26.6 Å². The van der Waals surface area contributed by atoms with Crippen LogP contribution in [-0.2, 0) is 0 Å². The summed E-state index contributed by atoms with van der Waals surface area (Å²) in [6, 6.07) is 9.23. The van der Waals surface area contributed by atoms with Gasteiger partial charge in [0.25, 0.3) is 5.91 Å². The lowest BCUT2D eigenvalue weighted by molar-refractivity contribution is 0.0750. The molecule has 3 aromatic rings. The molecular formula is C22H24FN5OS. The fourth-order valence-electron chi connectivity index (χ4n) is 3.58. The molecule has 1 N–H and O–H groups in total. The van der Waals surface area contributed by atoms with Crippen LogP contribution in [0.3, 0.4) is 0 Å². The Kier molecular flexibility index (Phi) is 5.67. The molecule has 1 aromatic carbocycles. The summed E-state index contributed by atoms with van der Waals surface area (Å²) in [5.74, 6) is 0.101. The van der Waals surface area contributed by atoms with Crippen LogP contribution in [0.25, 0.3) is 0 Å². The van der Waals surface area contributed by atoms with Crippen LogP contribution in [0.15, 0.2) is 36.5 Å². The summed E-state index contributed by atoms with van der Waals surface area (Å²) >= 11 is 1.30. The molecular weight excluding hydrogens is 401 g/mol. The van der Waals surface area contributed by atoms with Crippen molar-refractivity contribution in [1.82, 2.24) is 14.9 Å². The Morgan fingerprint density at radius 1 is 1.10 bits per heavy atom. The first-order chi connectivity index (χ1) is 14.4. The lowest BCUT2D eigenvalue weighted by Gasteiger charge is -2.37. The maximum atomic E-state index is 13.1. The molecule has 0 saturated carbocycles. The largest absolute Gasteiger partial charge is 0.368 e. The van der Waals surface area contributed by atoms with E-state index in [1.165, 1.54) is 34.2 Å². The molecule has 156 valence electrons. The zero-order chi connectivity index (χ0) is 21.3. The number of hydrogen-bond donors (Lipinski definition) is 1. The van der Waals surface area contributed by atoms with Crippen molar-refractivity contribution in [1.29, 1.82) is 0 Å². The molecule has 1 amide bonds. The minimum absolute atomic E-state index is 0.00531. The van der Waals surface area contributed by atoms with E-state index in [9.17, 15) is 9.18 Å². The fraction of sp³-hybridized carbons (Fsp3) is 0.318. The van der Waals surface area contributed by atoms with Gasteiger partial charge in [0.05, 0.1) is 11.9 Å². The first-order valence-corrected chi connectivity index (χ1v) is 10.7. The van der Waals surface area contributed by atoms with Gasteiger partial charge in [-0.2, -0.15) is 0 Å². The van der Waals surface area contributed by atoms with Gasteiger partial charge in [-0.3, -0.25) is 4.79 Å². The second-order valence-corrected chi connectivity index (χ2v) is 8.42. The molecule has 0 bridgehead atoms. The van der Waals surface area contributed by atoms with Gasteiger partial charge in [0.15, 0.2) is 5.13 Å². The molecule has 0 radical (unpaired) electrons. The molecule has 0 aliphatic carbocycles. The number of amides is 1. The Balaban J connectivity index is 1.42. The standard InChI is InChI=1S/C22H24FN5OS/c1-14-5-4-6-18(15(14)2)27-9-11-28(12-10-27)21(29)20-16(3)25-22(30-20)26-19-8-7-17(23)13-24-19/h4-8,13H,9-12H2,1-3H3,(H,24,25,26). The second kappa shape index (κ2) is 8.39. The van der Waals surface area contributed by atoms with E-state index in [-0.39, 0.29) is 5.91 Å². The molecule has 1 aliphatic rings. The number of aromatic nitrogens is 2. The lowest BCUT2D eigenvalue weighted by Crippen LogP contribution is -2.49. The highest BCUT2D eigenvalue weighted by atomic mass is 32.1. The minimum atomic E-state index is -0.397. The van der Waals surface area contributed by atoms with Crippen molar-refractivity contribution < 1.29 is 9.18 Å². The van der Waals surface area contributed by atoms with Crippen LogP contribution in [0.5, 0.6) is 0 Å². The Labute approximate surface area is 179 Å². The highest BCUT2D eigenvalue weighted by Crippen LogP contribution is 2.28. The second-order valence-electron chi connectivity index (χ2n) is 7.42. The number of pyridine rings is 1. The maximum Gasteiger partial charge on any atom is 0.266 e. The normalized spacial score (nSPS) is 14.1. The molecule has 1 saturated heterocycles. The van der Waals surface area contributed by atoms with Crippen LogP contribution in [0.2, 0.25) is 0 Å². The highest BCUT2D eigenvalue weighted by Gasteiger charge is 2.26. The first kappa shape index (κ1) is 20.3. The Morgan fingerprint density at radius 2 is 1.87 bits per heavy atom. The van der Waals surface area contributed by atoms with Gasteiger partial charge < -0.3 is 15.1 Å². The lowest BCUT2D eigenvalue weighted by atomic mass is 10.1. The molecule has 0 unspecified atom stereocenters. The van der Waals surface area contributed by atoms with E-state index in [0.717, 1.165) is 19.3 Å². The topological polar surface area (TPSA) is 61.4 Å². The molecule has 1 aliphatic heterocycles. The van der Waals surface area contributed by atoms with Crippen LogP contribution in [0.4, 0.5) is 21.0 Å². The van der Waals surface area contributed by atoms with E-state index in [1.807, 2.05) is 11.8 Å². The van der Waals surface area contributed by atoms with E-state index in [1.54, 1.807) is 6.07 Å². The van der Waals surface area contributed by atoms with Crippen LogP contribution in [0.1, 0.15) is 26.5 Å². The van der Waals surface area contributed by atoms with Gasteiger partial charge >= 0.3 is 0 Å². The quantitative estimate of drug-likeness (QED) is 0.675. The number of piperazine rings is 1. The van der Waals surface area contributed by atoms with Crippen molar-refractivity contribution in [2.45, 2.75) is 20.8 Å². The van der Waals surface area contributed by atoms with Gasteiger partial charge in [-0.05, 0) is 50.1 Å². The van der Waals surface area contributed by atoms with Gasteiger partial charge in [0.2, 0.25) is 0 Å². The average Bonchev–Trinajstić information content (AvgIpc) is 3.11. The summed E-state index contributed by atoms with van der Waals surface area (Å²) in [7, 11) is 0. The number of halogens is 1. The molecule has 8 heteroatoms. The van der Waals surface area contributed by atoms with E-state index in [2.05, 4.69) is 52.2 Å². The van der Waals surface area contributed by atoms with Crippen molar-refractivity contribution in [3.8, 4) is 0 Å². The molecule has 1 fully saturated rings. The van der Waals surface area contributed by atoms with E-state index >= 15 is 0 Å². The number of benzene rings is 1. The highest BCUT2D eigenvalue weighted by molar-refractivity contribution is 7.17. The monoisotopic (exact) mass is 425 g/mol. The molecule has 0 atom stereocenters. The van der Waals surface area contributed by atoms with Crippen LogP contribution in [-0.4, -0.2) is 47.0 Å². The maximum absolute atomic E-state index is 13.1. The average molecular weight is 426 g/mol. The first-order valence-electron chi connectivity index (χ1n) is 9.89. The van der Waals surface area contributed by atoms with Crippen molar-refractivity contribution in [2.24, 2.45) is 0 Å². The number of hydrogen-bond acceptors (Lipinski definition) is 6. The van der Waals surface area contributed by atoms with Gasteiger partial charge in [-0.25, -0.2) is 14.4 Å². The smallest absolute Gasteiger partial charge is 0.266 e. The summed E-state index contributed by atoms with van der Waals surface area (Å²) in [5, 5.41) is 3.61. The zero-order valence-corrected chi connectivity index (χ0v) is 18.1. The zero-order valence-electron chi connectivity index (χ0n) is 17.3. The van der Waals surface area contributed by atoms with Gasteiger partial charge in [-0.1, -0.05) is 23.5 Å². The number of nitrogens with one attached hydrogen (secondary N) is 1. The van der Waals surface area contributed by atoms with Gasteiger partial charge in [0.1, 0.15) is 16.5 Å². The number of rotatable bonds is 4. The van der Waals surface area contributed by atoms with Gasteiger partial charge in [0, 0.05) is 31.9 Å². The number of carbonyl (C=O) groups excluding carboxylic acids is 1. The summed E-state index contributed by atoms with van der Waals surface area (Å²) in [6.07, 6.45) is 1.14. The number of thiazole rings is 1. The van der Waals surface area contributed by atoms with E-state index < -0.39 is 5.82 Å². The molecule has 3 heterocycles. The predicted octanol–water partition coefficient (Wildman–Crippen LogP) is 4.31. The summed E-state index contributed by atoms with van der Waals surface area (Å²) in [6.45, 7) is 9.06. The molecule has 6 nitrogen and oxygen atoms in total. The third-order valence-corrected chi connectivity index (χ3v) is 6.50.